The number of ether oxygens (including phenoxy) is 2. The van der Waals surface area contributed by atoms with Crippen molar-refractivity contribution in [3.8, 4) is 12.3 Å². The van der Waals surface area contributed by atoms with E-state index in [1.54, 1.807) is 0 Å². The van der Waals surface area contributed by atoms with Crippen molar-refractivity contribution in [2.75, 3.05) is 0 Å². The molecule has 0 saturated heterocycles. The van der Waals surface area contributed by atoms with Gasteiger partial charge >= 0.3 is 0 Å². The van der Waals surface area contributed by atoms with Crippen LogP contribution in [-0.4, -0.2) is 0 Å². The molecule has 0 N–H and O–H groups in total. The van der Waals surface area contributed by atoms with Crippen molar-refractivity contribution in [3.05, 3.63) is 132 Å². The zero-order valence-electron chi connectivity index (χ0n) is 16.5. The van der Waals surface area contributed by atoms with Crippen LogP contribution in [0.2, 0.25) is 0 Å². The van der Waals surface area contributed by atoms with Crippen LogP contribution in [0.5, 0.6) is 0 Å². The maximum Gasteiger partial charge on any atom is 0.148 e. The van der Waals surface area contributed by atoms with E-state index in [2.05, 4.69) is 26.0 Å². The highest BCUT2D eigenvalue weighted by molar-refractivity contribution is 5.50. The summed E-state index contributed by atoms with van der Waals surface area (Å²) >= 11 is 0. The first-order valence-electron chi connectivity index (χ1n) is 9.43. The van der Waals surface area contributed by atoms with Crippen molar-refractivity contribution >= 4 is 0 Å². The SMILES string of the molecule is C#Cc1cc(C(OC=C)c2ccccc2)c(C)c(C(OC=C)c2ccccc2)c1. The van der Waals surface area contributed by atoms with Crippen molar-refractivity contribution in [1.82, 2.24) is 0 Å². The molecule has 0 amide bonds. The molecule has 0 aliphatic rings. The Balaban J connectivity index is 2.20. The minimum Gasteiger partial charge on any atom is -0.489 e. The van der Waals surface area contributed by atoms with E-state index in [1.807, 2.05) is 72.8 Å². The Morgan fingerprint density at radius 2 is 1.21 bits per heavy atom. The monoisotopic (exact) mass is 380 g/mol. The minimum absolute atomic E-state index is 0.319. The molecule has 144 valence electrons. The van der Waals surface area contributed by atoms with Gasteiger partial charge < -0.3 is 9.47 Å². The van der Waals surface area contributed by atoms with Gasteiger partial charge in [0.25, 0.3) is 0 Å². The lowest BCUT2D eigenvalue weighted by Gasteiger charge is -2.25. The third-order valence-electron chi connectivity index (χ3n) is 4.89. The van der Waals surface area contributed by atoms with Crippen LogP contribution >= 0.6 is 0 Å². The molecule has 0 aliphatic carbocycles. The molecule has 0 heterocycles. The Labute approximate surface area is 173 Å². The molecule has 0 fully saturated rings. The Morgan fingerprint density at radius 1 is 0.793 bits per heavy atom. The van der Waals surface area contributed by atoms with Crippen LogP contribution in [0.25, 0.3) is 0 Å². The molecule has 0 saturated carbocycles. The van der Waals surface area contributed by atoms with Gasteiger partial charge in [-0.25, -0.2) is 0 Å². The number of hydrogen-bond donors (Lipinski definition) is 0. The highest BCUT2D eigenvalue weighted by Gasteiger charge is 2.24. The molecule has 29 heavy (non-hydrogen) atoms. The first-order valence-corrected chi connectivity index (χ1v) is 9.43. The van der Waals surface area contributed by atoms with Gasteiger partial charge in [-0.05, 0) is 35.7 Å². The summed E-state index contributed by atoms with van der Waals surface area (Å²) in [5.74, 6) is 2.77. The molecule has 2 heteroatoms. The van der Waals surface area contributed by atoms with E-state index >= 15 is 0 Å². The predicted octanol–water partition coefficient (Wildman–Crippen LogP) is 6.48. The van der Waals surface area contributed by atoms with Gasteiger partial charge in [0.2, 0.25) is 0 Å². The highest BCUT2D eigenvalue weighted by Crippen LogP contribution is 2.36. The number of rotatable bonds is 8. The van der Waals surface area contributed by atoms with Crippen LogP contribution in [0, 0.1) is 19.3 Å². The Hall–Kier alpha value is -3.70. The summed E-state index contributed by atoms with van der Waals surface area (Å²) in [4.78, 5) is 0. The van der Waals surface area contributed by atoms with Gasteiger partial charge in [-0.15, -0.1) is 6.42 Å². The second-order valence-corrected chi connectivity index (χ2v) is 6.61. The maximum absolute atomic E-state index is 5.93. The van der Waals surface area contributed by atoms with E-state index in [0.717, 1.165) is 33.4 Å². The lowest BCUT2D eigenvalue weighted by Crippen LogP contribution is -2.11. The van der Waals surface area contributed by atoms with Crippen LogP contribution in [0.3, 0.4) is 0 Å². The van der Waals surface area contributed by atoms with Gasteiger partial charge in [0.15, 0.2) is 0 Å². The van der Waals surface area contributed by atoms with Crippen LogP contribution in [0.1, 0.15) is 45.6 Å². The van der Waals surface area contributed by atoms with Crippen LogP contribution in [-0.2, 0) is 9.47 Å². The molecule has 2 unspecified atom stereocenters. The van der Waals surface area contributed by atoms with E-state index in [4.69, 9.17) is 15.9 Å². The number of benzene rings is 3. The third kappa shape index (κ3) is 4.42. The first-order chi connectivity index (χ1) is 14.2. The van der Waals surface area contributed by atoms with E-state index < -0.39 is 0 Å². The van der Waals surface area contributed by atoms with Crippen molar-refractivity contribution in [2.45, 2.75) is 19.1 Å². The molecule has 3 rings (SSSR count). The molecular weight excluding hydrogens is 356 g/mol. The summed E-state index contributed by atoms with van der Waals surface area (Å²) < 4.78 is 11.9. The summed E-state index contributed by atoms with van der Waals surface area (Å²) in [5, 5.41) is 0. The summed E-state index contributed by atoms with van der Waals surface area (Å²) in [7, 11) is 0. The van der Waals surface area contributed by atoms with Crippen molar-refractivity contribution in [2.24, 2.45) is 0 Å². The van der Waals surface area contributed by atoms with Gasteiger partial charge in [0, 0.05) is 16.7 Å². The minimum atomic E-state index is -0.319. The summed E-state index contributed by atoms with van der Waals surface area (Å²) in [6, 6.07) is 24.0. The van der Waals surface area contributed by atoms with Crippen molar-refractivity contribution < 1.29 is 9.47 Å². The van der Waals surface area contributed by atoms with Crippen LogP contribution in [0.15, 0.2) is 98.5 Å². The fourth-order valence-corrected chi connectivity index (χ4v) is 3.50. The summed E-state index contributed by atoms with van der Waals surface area (Å²) in [5.41, 5.74) is 5.83. The topological polar surface area (TPSA) is 18.5 Å². The lowest BCUT2D eigenvalue weighted by atomic mass is 9.88. The zero-order chi connectivity index (χ0) is 20.6. The zero-order valence-corrected chi connectivity index (χ0v) is 16.5. The average Bonchev–Trinajstić information content (AvgIpc) is 2.78. The van der Waals surface area contributed by atoms with Crippen molar-refractivity contribution in [3.63, 3.8) is 0 Å². The molecule has 3 aromatic carbocycles. The smallest absolute Gasteiger partial charge is 0.148 e. The molecule has 0 aromatic heterocycles. The van der Waals surface area contributed by atoms with Crippen LogP contribution in [0.4, 0.5) is 0 Å². The average molecular weight is 380 g/mol. The molecule has 0 aliphatic heterocycles. The van der Waals surface area contributed by atoms with Gasteiger partial charge in [0.1, 0.15) is 12.2 Å². The first kappa shape index (κ1) is 20.0. The van der Waals surface area contributed by atoms with Gasteiger partial charge in [0.05, 0.1) is 12.5 Å². The fraction of sp³-hybridized carbons (Fsp3) is 0.111. The lowest BCUT2D eigenvalue weighted by molar-refractivity contribution is 0.176. The predicted molar refractivity (Wildman–Crippen MR) is 118 cm³/mol. The Kier molecular flexibility index (Phi) is 6.55. The Morgan fingerprint density at radius 3 is 1.55 bits per heavy atom. The summed E-state index contributed by atoms with van der Waals surface area (Å²) in [6.45, 7) is 9.58. The molecule has 0 bridgehead atoms. The molecular formula is C27H24O2. The van der Waals surface area contributed by atoms with E-state index in [0.29, 0.717) is 0 Å². The standard InChI is InChI=1S/C27H24O2/c1-5-21-18-24(26(28-6-2)22-14-10-8-11-15-22)20(4)25(19-21)27(29-7-3)23-16-12-9-13-17-23/h1,6-19,26-27H,2-3H2,4H3. The molecule has 0 radical (unpaired) electrons. The molecule has 2 atom stereocenters. The molecule has 3 aromatic rings. The quantitative estimate of drug-likeness (QED) is 0.329. The normalized spacial score (nSPS) is 12.3. The Bertz CT molecular complexity index is 939. The number of terminal acetylenes is 1. The highest BCUT2D eigenvalue weighted by atomic mass is 16.5. The van der Waals surface area contributed by atoms with Crippen LogP contribution < -0.4 is 0 Å². The second kappa shape index (κ2) is 9.48. The van der Waals surface area contributed by atoms with E-state index in [9.17, 15) is 0 Å². The molecule has 2 nitrogen and oxygen atoms in total. The van der Waals surface area contributed by atoms with E-state index in [1.165, 1.54) is 12.5 Å². The largest absolute Gasteiger partial charge is 0.489 e. The fourth-order valence-electron chi connectivity index (χ4n) is 3.50. The van der Waals surface area contributed by atoms with Gasteiger partial charge in [-0.3, -0.25) is 0 Å². The molecule has 0 spiro atoms. The van der Waals surface area contributed by atoms with Gasteiger partial charge in [-0.2, -0.15) is 0 Å². The van der Waals surface area contributed by atoms with Gasteiger partial charge in [-0.1, -0.05) is 79.7 Å². The van der Waals surface area contributed by atoms with Crippen molar-refractivity contribution in [1.29, 1.82) is 0 Å². The maximum atomic E-state index is 5.93. The second-order valence-electron chi connectivity index (χ2n) is 6.61. The third-order valence-corrected chi connectivity index (χ3v) is 4.89. The summed E-state index contributed by atoms with van der Waals surface area (Å²) in [6.07, 6.45) is 8.09. The van der Waals surface area contributed by atoms with E-state index in [-0.39, 0.29) is 12.2 Å². The number of hydrogen-bond acceptors (Lipinski definition) is 2.